The smallest absolute Gasteiger partial charge is 0.264 e. The van der Waals surface area contributed by atoms with Crippen LogP contribution in [-0.2, 0) is 26.2 Å². The number of carbonyl (C=O) groups excluding carboxylic acids is 2. The fourth-order valence-electron chi connectivity index (χ4n) is 4.34. The van der Waals surface area contributed by atoms with Gasteiger partial charge in [-0.05, 0) is 49.6 Å². The topological polar surface area (TPSA) is 96.0 Å². The quantitative estimate of drug-likeness (QED) is 0.280. The minimum atomic E-state index is -4.14. The molecular weight excluding hydrogens is 526 g/mol. The first-order valence-corrected chi connectivity index (χ1v) is 15.0. The number of benzene rings is 3. The molecule has 2 amide bonds. The van der Waals surface area contributed by atoms with Crippen LogP contribution in [0.15, 0.2) is 83.8 Å². The van der Waals surface area contributed by atoms with Crippen molar-refractivity contribution >= 4 is 27.5 Å². The molecule has 0 aromatic heterocycles. The minimum Gasteiger partial charge on any atom is -0.497 e. The van der Waals surface area contributed by atoms with Crippen LogP contribution in [0.1, 0.15) is 44.2 Å². The van der Waals surface area contributed by atoms with E-state index in [4.69, 9.17) is 4.74 Å². The van der Waals surface area contributed by atoms with Crippen molar-refractivity contribution in [3.05, 3.63) is 90.0 Å². The Morgan fingerprint density at radius 3 is 2.27 bits per heavy atom. The SMILES string of the molecule is CCCCNC(=O)[C@H](CC)N(Cc1ccccc1)C(=O)CN(c1cccc(OC)c1)S(=O)(=O)c1ccc(C)cc1. The van der Waals surface area contributed by atoms with Gasteiger partial charge in [-0.25, -0.2) is 8.42 Å². The lowest BCUT2D eigenvalue weighted by Crippen LogP contribution is -2.52. The van der Waals surface area contributed by atoms with Crippen LogP contribution < -0.4 is 14.4 Å². The van der Waals surface area contributed by atoms with E-state index in [0.717, 1.165) is 28.3 Å². The van der Waals surface area contributed by atoms with Crippen LogP contribution in [0, 0.1) is 6.92 Å². The summed E-state index contributed by atoms with van der Waals surface area (Å²) < 4.78 is 34.3. The van der Waals surface area contributed by atoms with E-state index in [1.165, 1.54) is 24.1 Å². The second-order valence-electron chi connectivity index (χ2n) is 9.60. The van der Waals surface area contributed by atoms with Gasteiger partial charge in [0, 0.05) is 19.2 Å². The van der Waals surface area contributed by atoms with Gasteiger partial charge in [-0.2, -0.15) is 0 Å². The lowest BCUT2D eigenvalue weighted by atomic mass is 10.1. The van der Waals surface area contributed by atoms with Gasteiger partial charge < -0.3 is 15.0 Å². The van der Waals surface area contributed by atoms with Gasteiger partial charge in [0.25, 0.3) is 10.0 Å². The zero-order valence-corrected chi connectivity index (χ0v) is 24.5. The molecule has 3 rings (SSSR count). The molecule has 0 heterocycles. The van der Waals surface area contributed by atoms with E-state index in [9.17, 15) is 18.0 Å². The van der Waals surface area contributed by atoms with Crippen LogP contribution in [0.5, 0.6) is 5.75 Å². The highest BCUT2D eigenvalue weighted by molar-refractivity contribution is 7.92. The van der Waals surface area contributed by atoms with Crippen molar-refractivity contribution in [1.82, 2.24) is 10.2 Å². The molecule has 0 aliphatic rings. The average Bonchev–Trinajstić information content (AvgIpc) is 2.96. The number of anilines is 1. The Hall–Kier alpha value is -3.85. The van der Waals surface area contributed by atoms with Crippen molar-refractivity contribution in [2.24, 2.45) is 0 Å². The molecule has 0 aliphatic carbocycles. The summed E-state index contributed by atoms with van der Waals surface area (Å²) in [5.41, 5.74) is 2.04. The Kier molecular flexibility index (Phi) is 11.1. The second-order valence-corrected chi connectivity index (χ2v) is 11.5. The van der Waals surface area contributed by atoms with Crippen molar-refractivity contribution in [3.8, 4) is 5.75 Å². The molecule has 9 heteroatoms. The molecular formula is C31H39N3O5S. The number of nitrogens with zero attached hydrogens (tertiary/aromatic N) is 2. The van der Waals surface area contributed by atoms with Crippen molar-refractivity contribution < 1.29 is 22.7 Å². The zero-order valence-electron chi connectivity index (χ0n) is 23.7. The van der Waals surface area contributed by atoms with E-state index < -0.39 is 28.5 Å². The highest BCUT2D eigenvalue weighted by atomic mass is 32.2. The number of hydrogen-bond donors (Lipinski definition) is 1. The molecule has 0 spiro atoms. The van der Waals surface area contributed by atoms with Crippen molar-refractivity contribution in [3.63, 3.8) is 0 Å². The molecule has 3 aromatic rings. The zero-order chi connectivity index (χ0) is 29.1. The number of amides is 2. The summed E-state index contributed by atoms with van der Waals surface area (Å²) in [6.45, 7) is 5.94. The largest absolute Gasteiger partial charge is 0.497 e. The summed E-state index contributed by atoms with van der Waals surface area (Å²) in [5, 5.41) is 2.94. The summed E-state index contributed by atoms with van der Waals surface area (Å²) in [5.74, 6) is -0.286. The third-order valence-corrected chi connectivity index (χ3v) is 8.43. The number of carbonyl (C=O) groups is 2. The second kappa shape index (κ2) is 14.5. The average molecular weight is 566 g/mol. The number of rotatable bonds is 14. The maximum Gasteiger partial charge on any atom is 0.264 e. The van der Waals surface area contributed by atoms with Crippen molar-refractivity contribution in [2.75, 3.05) is 24.5 Å². The Bertz CT molecular complexity index is 1360. The monoisotopic (exact) mass is 565 g/mol. The highest BCUT2D eigenvalue weighted by Crippen LogP contribution is 2.28. The van der Waals surface area contributed by atoms with Gasteiger partial charge in [0.2, 0.25) is 11.8 Å². The molecule has 0 unspecified atom stereocenters. The van der Waals surface area contributed by atoms with Crippen molar-refractivity contribution in [1.29, 1.82) is 0 Å². The van der Waals surface area contributed by atoms with Gasteiger partial charge in [-0.1, -0.05) is 74.4 Å². The summed E-state index contributed by atoms with van der Waals surface area (Å²) >= 11 is 0. The number of hydrogen-bond acceptors (Lipinski definition) is 5. The van der Waals surface area contributed by atoms with Gasteiger partial charge >= 0.3 is 0 Å². The molecule has 0 fully saturated rings. The first-order valence-electron chi connectivity index (χ1n) is 13.6. The number of unbranched alkanes of at least 4 members (excludes halogenated alkanes) is 1. The standard InChI is InChI=1S/C31H39N3O5S/c1-5-7-20-32-31(36)29(6-2)33(22-25-12-9-8-10-13-25)30(35)23-34(26-14-11-15-27(21-26)39-4)40(37,38)28-18-16-24(3)17-19-28/h8-19,21,29H,5-7,20,22-23H2,1-4H3,(H,32,36)/t29-/m0/s1. The Morgan fingerprint density at radius 1 is 0.950 bits per heavy atom. The van der Waals surface area contributed by atoms with E-state index in [1.807, 2.05) is 51.1 Å². The fraction of sp³-hybridized carbons (Fsp3) is 0.355. The van der Waals surface area contributed by atoms with Crippen LogP contribution in [0.25, 0.3) is 0 Å². The number of nitrogens with one attached hydrogen (secondary N) is 1. The highest BCUT2D eigenvalue weighted by Gasteiger charge is 2.33. The predicted molar refractivity (Wildman–Crippen MR) is 158 cm³/mol. The number of ether oxygens (including phenoxy) is 1. The van der Waals surface area contributed by atoms with Crippen LogP contribution in [0.2, 0.25) is 0 Å². The minimum absolute atomic E-state index is 0.0627. The molecule has 0 radical (unpaired) electrons. The first kappa shape index (κ1) is 30.7. The van der Waals surface area contributed by atoms with Gasteiger partial charge in [-0.3, -0.25) is 13.9 Å². The van der Waals surface area contributed by atoms with Gasteiger partial charge in [0.05, 0.1) is 17.7 Å². The predicted octanol–water partition coefficient (Wildman–Crippen LogP) is 4.92. The summed E-state index contributed by atoms with van der Waals surface area (Å²) in [6.07, 6.45) is 2.13. The van der Waals surface area contributed by atoms with E-state index in [1.54, 1.807) is 36.4 Å². The Balaban J connectivity index is 2.04. The Morgan fingerprint density at radius 2 is 1.65 bits per heavy atom. The van der Waals surface area contributed by atoms with Gasteiger partial charge in [0.1, 0.15) is 18.3 Å². The first-order chi connectivity index (χ1) is 19.2. The third-order valence-electron chi connectivity index (χ3n) is 6.64. The van der Waals surface area contributed by atoms with Crippen LogP contribution in [0.3, 0.4) is 0 Å². The van der Waals surface area contributed by atoms with Gasteiger partial charge in [-0.15, -0.1) is 0 Å². The van der Waals surface area contributed by atoms with Crippen LogP contribution >= 0.6 is 0 Å². The van der Waals surface area contributed by atoms with E-state index >= 15 is 0 Å². The molecule has 214 valence electrons. The normalized spacial score (nSPS) is 11.9. The maximum absolute atomic E-state index is 14.1. The molecule has 1 N–H and O–H groups in total. The lowest BCUT2D eigenvalue weighted by molar-refractivity contribution is -0.140. The molecule has 40 heavy (non-hydrogen) atoms. The number of methoxy groups -OCH3 is 1. The summed E-state index contributed by atoms with van der Waals surface area (Å²) in [7, 11) is -2.64. The van der Waals surface area contributed by atoms with Crippen LogP contribution in [0.4, 0.5) is 5.69 Å². The molecule has 1 atom stereocenters. The maximum atomic E-state index is 14.1. The van der Waals surface area contributed by atoms with Gasteiger partial charge in [0.15, 0.2) is 0 Å². The lowest BCUT2D eigenvalue weighted by Gasteiger charge is -2.33. The molecule has 8 nitrogen and oxygen atoms in total. The van der Waals surface area contributed by atoms with E-state index in [-0.39, 0.29) is 23.0 Å². The molecule has 0 bridgehead atoms. The van der Waals surface area contributed by atoms with E-state index in [2.05, 4.69) is 5.32 Å². The van der Waals surface area contributed by atoms with Crippen molar-refractivity contribution in [2.45, 2.75) is 57.5 Å². The molecule has 0 aliphatic heterocycles. The fourth-order valence-corrected chi connectivity index (χ4v) is 5.74. The summed E-state index contributed by atoms with van der Waals surface area (Å²) in [4.78, 5) is 28.8. The molecule has 3 aromatic carbocycles. The summed E-state index contributed by atoms with van der Waals surface area (Å²) in [6, 6.07) is 21.7. The van der Waals surface area contributed by atoms with Crippen LogP contribution in [-0.4, -0.2) is 51.4 Å². The third kappa shape index (κ3) is 7.85. The number of aryl methyl sites for hydroxylation is 1. The number of sulfonamides is 1. The molecule has 0 saturated heterocycles. The molecule has 0 saturated carbocycles. The van der Waals surface area contributed by atoms with E-state index in [0.29, 0.717) is 18.7 Å². The Labute approximate surface area is 238 Å².